The van der Waals surface area contributed by atoms with Gasteiger partial charge in [-0.15, -0.1) is 5.10 Å². The van der Waals surface area contributed by atoms with Crippen molar-refractivity contribution in [1.82, 2.24) is 15.0 Å². The van der Waals surface area contributed by atoms with Gasteiger partial charge in [0.05, 0.1) is 6.20 Å². The van der Waals surface area contributed by atoms with E-state index in [0.29, 0.717) is 11.4 Å². The molecule has 0 aliphatic carbocycles. The first-order valence-electron chi connectivity index (χ1n) is 4.39. The van der Waals surface area contributed by atoms with E-state index in [-0.39, 0.29) is 5.91 Å². The van der Waals surface area contributed by atoms with Crippen molar-refractivity contribution in [2.75, 3.05) is 5.32 Å². The van der Waals surface area contributed by atoms with Gasteiger partial charge in [-0.2, -0.15) is 0 Å². The molecule has 0 aliphatic rings. The van der Waals surface area contributed by atoms with Crippen molar-refractivity contribution in [1.29, 1.82) is 0 Å². The van der Waals surface area contributed by atoms with E-state index in [9.17, 15) is 4.79 Å². The summed E-state index contributed by atoms with van der Waals surface area (Å²) in [5.41, 5.74) is 1.11. The van der Waals surface area contributed by atoms with Crippen LogP contribution < -0.4 is 5.32 Å². The molecule has 2 aromatic rings. The van der Waals surface area contributed by atoms with Crippen molar-refractivity contribution < 1.29 is 4.79 Å². The Morgan fingerprint density at radius 2 is 2.47 bits per heavy atom. The van der Waals surface area contributed by atoms with Crippen LogP contribution in [0.15, 0.2) is 30.5 Å². The molecule has 0 saturated heterocycles. The third-order valence-corrected chi connectivity index (χ3v) is 1.91. The van der Waals surface area contributed by atoms with Gasteiger partial charge in [-0.1, -0.05) is 17.3 Å². The normalized spacial score (nSPS) is 9.93. The van der Waals surface area contributed by atoms with Crippen molar-refractivity contribution in [2.45, 2.75) is 0 Å². The van der Waals surface area contributed by atoms with E-state index < -0.39 is 0 Å². The highest BCUT2D eigenvalue weighted by atomic mass is 16.2. The molecule has 2 rings (SSSR count). The van der Waals surface area contributed by atoms with Crippen LogP contribution in [0.4, 0.5) is 5.69 Å². The van der Waals surface area contributed by atoms with Crippen molar-refractivity contribution in [2.24, 2.45) is 7.05 Å². The summed E-state index contributed by atoms with van der Waals surface area (Å²) in [6.45, 7) is 0. The van der Waals surface area contributed by atoms with Crippen LogP contribution in [-0.4, -0.2) is 20.9 Å². The van der Waals surface area contributed by atoms with Crippen LogP contribution in [0.2, 0.25) is 0 Å². The van der Waals surface area contributed by atoms with Crippen LogP contribution in [0.25, 0.3) is 0 Å². The van der Waals surface area contributed by atoms with Crippen LogP contribution in [-0.2, 0) is 7.05 Å². The average molecular weight is 201 g/mol. The highest BCUT2D eigenvalue weighted by Crippen LogP contribution is 2.06. The number of benzene rings is 1. The summed E-state index contributed by atoms with van der Waals surface area (Å²) in [7, 11) is 1.67. The lowest BCUT2D eigenvalue weighted by Crippen LogP contribution is -2.15. The van der Waals surface area contributed by atoms with Crippen LogP contribution in [0, 0.1) is 6.07 Å². The molecule has 1 heterocycles. The molecular weight excluding hydrogens is 192 g/mol. The summed E-state index contributed by atoms with van der Waals surface area (Å²) < 4.78 is 1.42. The van der Waals surface area contributed by atoms with Gasteiger partial charge in [0.25, 0.3) is 5.91 Å². The number of anilines is 1. The quantitative estimate of drug-likeness (QED) is 0.784. The van der Waals surface area contributed by atoms with E-state index in [0.717, 1.165) is 0 Å². The average Bonchev–Trinajstić information content (AvgIpc) is 2.66. The zero-order chi connectivity index (χ0) is 10.7. The van der Waals surface area contributed by atoms with Gasteiger partial charge in [0, 0.05) is 12.7 Å². The predicted octanol–water partition coefficient (Wildman–Crippen LogP) is 0.868. The number of rotatable bonds is 2. The predicted molar refractivity (Wildman–Crippen MR) is 54.2 cm³/mol. The van der Waals surface area contributed by atoms with Gasteiger partial charge in [-0.25, -0.2) is 4.68 Å². The summed E-state index contributed by atoms with van der Waals surface area (Å²) in [4.78, 5) is 11.7. The van der Waals surface area contributed by atoms with Gasteiger partial charge in [0.2, 0.25) is 0 Å². The molecule has 0 aliphatic heterocycles. The minimum absolute atomic E-state index is 0.234. The number of carbonyl (C=O) groups excluding carboxylic acids is 1. The van der Waals surface area contributed by atoms with Gasteiger partial charge in [0.1, 0.15) is 5.69 Å². The van der Waals surface area contributed by atoms with Crippen LogP contribution >= 0.6 is 0 Å². The summed E-state index contributed by atoms with van der Waals surface area (Å²) in [6.07, 6.45) is 1.42. The number of nitrogens with zero attached hydrogens (tertiary/aromatic N) is 3. The lowest BCUT2D eigenvalue weighted by atomic mass is 10.3. The summed E-state index contributed by atoms with van der Waals surface area (Å²) in [5, 5.41) is 10.0. The minimum atomic E-state index is -0.234. The molecule has 5 nitrogen and oxygen atoms in total. The van der Waals surface area contributed by atoms with Gasteiger partial charge in [-0.3, -0.25) is 4.79 Å². The molecule has 15 heavy (non-hydrogen) atoms. The van der Waals surface area contributed by atoms with Crippen molar-refractivity contribution >= 4 is 11.6 Å². The molecule has 1 amide bonds. The van der Waals surface area contributed by atoms with E-state index in [4.69, 9.17) is 0 Å². The molecule has 1 aromatic heterocycles. The highest BCUT2D eigenvalue weighted by Gasteiger charge is 2.10. The third kappa shape index (κ3) is 2.01. The minimum Gasteiger partial charge on any atom is -0.321 e. The van der Waals surface area contributed by atoms with Crippen LogP contribution in [0.5, 0.6) is 0 Å². The number of amides is 1. The van der Waals surface area contributed by atoms with Crippen LogP contribution in [0.3, 0.4) is 0 Å². The maximum absolute atomic E-state index is 11.7. The van der Waals surface area contributed by atoms with Crippen molar-refractivity contribution in [3.8, 4) is 0 Å². The number of carbonyl (C=O) groups is 1. The molecule has 1 N–H and O–H groups in total. The Balaban J connectivity index is 2.15. The second-order valence-electron chi connectivity index (χ2n) is 2.99. The van der Waals surface area contributed by atoms with E-state index in [1.54, 1.807) is 31.3 Å². The van der Waals surface area contributed by atoms with Crippen molar-refractivity contribution in [3.63, 3.8) is 0 Å². The Labute approximate surface area is 86.7 Å². The molecule has 0 fully saturated rings. The van der Waals surface area contributed by atoms with E-state index in [1.165, 1.54) is 10.9 Å². The van der Waals surface area contributed by atoms with Gasteiger partial charge < -0.3 is 5.32 Å². The molecule has 5 heteroatoms. The fourth-order valence-electron chi connectivity index (χ4n) is 1.16. The largest absolute Gasteiger partial charge is 0.321 e. The van der Waals surface area contributed by atoms with E-state index in [2.05, 4.69) is 21.7 Å². The van der Waals surface area contributed by atoms with Crippen molar-refractivity contribution in [3.05, 3.63) is 42.2 Å². The Kier molecular flexibility index (Phi) is 2.45. The summed E-state index contributed by atoms with van der Waals surface area (Å²) >= 11 is 0. The highest BCUT2D eigenvalue weighted by molar-refractivity contribution is 6.02. The second-order valence-corrected chi connectivity index (χ2v) is 2.99. The molecule has 75 valence electrons. The number of hydrogen-bond acceptors (Lipinski definition) is 3. The number of nitrogens with one attached hydrogen (secondary N) is 1. The van der Waals surface area contributed by atoms with E-state index >= 15 is 0 Å². The standard InChI is InChI=1S/C10H9N4O/c1-14-9(7-11-13-14)10(15)12-8-5-3-2-4-6-8/h2-3,5-7H,1H3,(H,12,15). The SMILES string of the molecule is Cn1nncc1C(=O)Nc1c[c]ccc1. The van der Waals surface area contributed by atoms with Crippen LogP contribution in [0.1, 0.15) is 10.5 Å². The topological polar surface area (TPSA) is 59.8 Å². The fourth-order valence-corrected chi connectivity index (χ4v) is 1.16. The second kappa shape index (κ2) is 3.91. The lowest BCUT2D eigenvalue weighted by Gasteiger charge is -2.03. The molecule has 0 atom stereocenters. The lowest BCUT2D eigenvalue weighted by molar-refractivity contribution is 0.101. The Bertz CT molecular complexity index is 463. The first-order chi connectivity index (χ1) is 7.27. The smallest absolute Gasteiger partial charge is 0.275 e. The number of hydrogen-bond donors (Lipinski definition) is 1. The zero-order valence-electron chi connectivity index (χ0n) is 8.14. The summed E-state index contributed by atoms with van der Waals surface area (Å²) in [6, 6.07) is 9.93. The molecule has 1 aromatic carbocycles. The van der Waals surface area contributed by atoms with Gasteiger partial charge >= 0.3 is 0 Å². The molecule has 0 spiro atoms. The number of aryl methyl sites for hydroxylation is 1. The monoisotopic (exact) mass is 201 g/mol. The van der Waals surface area contributed by atoms with E-state index in [1.807, 2.05) is 0 Å². The molecule has 0 unspecified atom stereocenters. The molecule has 0 bridgehead atoms. The van der Waals surface area contributed by atoms with Gasteiger partial charge in [0.15, 0.2) is 0 Å². The molecule has 0 saturated carbocycles. The first-order valence-corrected chi connectivity index (χ1v) is 4.39. The third-order valence-electron chi connectivity index (χ3n) is 1.91. The summed E-state index contributed by atoms with van der Waals surface area (Å²) in [5.74, 6) is -0.234. The Morgan fingerprint density at radius 3 is 3.07 bits per heavy atom. The Morgan fingerprint density at radius 1 is 1.60 bits per heavy atom. The maximum Gasteiger partial charge on any atom is 0.275 e. The first kappa shape index (κ1) is 9.39. The zero-order valence-corrected chi connectivity index (χ0v) is 8.14. The number of aromatic nitrogens is 3. The Hall–Kier alpha value is -2.17. The maximum atomic E-state index is 11.7. The fraction of sp³-hybridized carbons (Fsp3) is 0.100. The van der Waals surface area contributed by atoms with Gasteiger partial charge in [-0.05, 0) is 18.2 Å². The molecule has 1 radical (unpaired) electrons. The molecular formula is C10H9N4O.